The van der Waals surface area contributed by atoms with E-state index in [4.69, 9.17) is 4.74 Å². The van der Waals surface area contributed by atoms with Gasteiger partial charge >= 0.3 is 12.1 Å². The number of carbonyl (C=O) groups is 2. The third-order valence-corrected chi connectivity index (χ3v) is 4.61. The fourth-order valence-corrected chi connectivity index (χ4v) is 3.31. The summed E-state index contributed by atoms with van der Waals surface area (Å²) in [6.07, 6.45) is -3.46. The van der Waals surface area contributed by atoms with E-state index in [2.05, 4.69) is 10.4 Å². The second-order valence-electron chi connectivity index (χ2n) is 5.53. The lowest BCUT2D eigenvalue weighted by atomic mass is 10.2. The summed E-state index contributed by atoms with van der Waals surface area (Å²) in [5.74, 6) is -0.935. The molecule has 0 unspecified atom stereocenters. The lowest BCUT2D eigenvalue weighted by Gasteiger charge is -2.06. The number of esters is 1. The van der Waals surface area contributed by atoms with Crippen LogP contribution in [-0.2, 0) is 22.3 Å². The van der Waals surface area contributed by atoms with Crippen LogP contribution in [0, 0.1) is 0 Å². The van der Waals surface area contributed by atoms with Crippen LogP contribution in [0.15, 0.2) is 36.5 Å². The topological polar surface area (TPSA) is 73.2 Å². The number of rotatable bonds is 5. The molecule has 0 spiro atoms. The predicted octanol–water partition coefficient (Wildman–Crippen LogP) is 3.93. The zero-order valence-corrected chi connectivity index (χ0v) is 14.9. The number of benzene rings is 1. The number of alkyl halides is 3. The van der Waals surface area contributed by atoms with Crippen molar-refractivity contribution in [3.05, 3.63) is 47.1 Å². The van der Waals surface area contributed by atoms with Gasteiger partial charge in [0.1, 0.15) is 11.4 Å². The number of nitrogens with one attached hydrogen (secondary N) is 1. The van der Waals surface area contributed by atoms with Crippen LogP contribution in [0.25, 0.3) is 10.1 Å². The van der Waals surface area contributed by atoms with Crippen LogP contribution in [0.4, 0.5) is 18.9 Å². The molecule has 1 N–H and O–H groups in total. The zero-order valence-electron chi connectivity index (χ0n) is 14.0. The minimum Gasteiger partial charge on any atom is -0.462 e. The number of nitrogens with zero attached hydrogens (tertiary/aromatic N) is 2. The van der Waals surface area contributed by atoms with Gasteiger partial charge in [-0.25, -0.2) is 4.79 Å². The van der Waals surface area contributed by atoms with E-state index in [1.165, 1.54) is 11.3 Å². The minimum atomic E-state index is -4.55. The fraction of sp³-hybridized carbons (Fsp3) is 0.235. The zero-order chi connectivity index (χ0) is 19.6. The molecule has 0 aliphatic heterocycles. The SMILES string of the molecule is CCOC(=O)c1cc2cc(NC(=O)Cn3ccc(C(F)(F)F)n3)ccc2s1. The molecule has 0 fully saturated rings. The molecule has 0 aliphatic carbocycles. The van der Waals surface area contributed by atoms with Gasteiger partial charge in [0.2, 0.25) is 5.91 Å². The first-order chi connectivity index (χ1) is 12.8. The van der Waals surface area contributed by atoms with Crippen LogP contribution >= 0.6 is 11.3 Å². The molecule has 0 radical (unpaired) electrons. The first-order valence-electron chi connectivity index (χ1n) is 7.87. The van der Waals surface area contributed by atoms with Crippen LogP contribution in [-0.4, -0.2) is 28.3 Å². The van der Waals surface area contributed by atoms with E-state index < -0.39 is 23.7 Å². The van der Waals surface area contributed by atoms with E-state index in [1.54, 1.807) is 31.2 Å². The minimum absolute atomic E-state index is 0.276. The van der Waals surface area contributed by atoms with Gasteiger partial charge in [-0.2, -0.15) is 18.3 Å². The number of hydrogen-bond donors (Lipinski definition) is 1. The number of hydrogen-bond acceptors (Lipinski definition) is 5. The van der Waals surface area contributed by atoms with Crippen LogP contribution in [0.5, 0.6) is 0 Å². The lowest BCUT2D eigenvalue weighted by Crippen LogP contribution is -2.19. The van der Waals surface area contributed by atoms with Gasteiger partial charge in [0.15, 0.2) is 5.69 Å². The van der Waals surface area contributed by atoms with Gasteiger partial charge in [0, 0.05) is 16.6 Å². The van der Waals surface area contributed by atoms with Crippen molar-refractivity contribution in [1.29, 1.82) is 0 Å². The molecule has 0 saturated carbocycles. The summed E-state index contributed by atoms with van der Waals surface area (Å²) in [7, 11) is 0. The van der Waals surface area contributed by atoms with Crippen molar-refractivity contribution in [2.75, 3.05) is 11.9 Å². The normalized spacial score (nSPS) is 11.6. The molecule has 2 heterocycles. The summed E-state index contributed by atoms with van der Waals surface area (Å²) in [5.41, 5.74) is -0.592. The molecule has 0 bridgehead atoms. The molecule has 3 rings (SSSR count). The largest absolute Gasteiger partial charge is 0.462 e. The number of amides is 1. The number of carbonyl (C=O) groups excluding carboxylic acids is 2. The summed E-state index contributed by atoms with van der Waals surface area (Å²) in [6.45, 7) is 1.64. The summed E-state index contributed by atoms with van der Waals surface area (Å²) in [5, 5.41) is 6.69. The average molecular weight is 397 g/mol. The Morgan fingerprint density at radius 3 is 2.70 bits per heavy atom. The van der Waals surface area contributed by atoms with Gasteiger partial charge in [-0.1, -0.05) is 0 Å². The third-order valence-electron chi connectivity index (χ3n) is 3.51. The number of thiophene rings is 1. The summed E-state index contributed by atoms with van der Waals surface area (Å²) >= 11 is 1.27. The van der Waals surface area contributed by atoms with E-state index >= 15 is 0 Å². The number of fused-ring (bicyclic) bond motifs is 1. The maximum atomic E-state index is 12.5. The number of halogens is 3. The summed E-state index contributed by atoms with van der Waals surface area (Å²) in [4.78, 5) is 24.3. The average Bonchev–Trinajstić information content (AvgIpc) is 3.21. The van der Waals surface area contributed by atoms with E-state index in [-0.39, 0.29) is 13.2 Å². The Morgan fingerprint density at radius 2 is 2.04 bits per heavy atom. The first-order valence-corrected chi connectivity index (χ1v) is 8.69. The maximum Gasteiger partial charge on any atom is 0.435 e. The Kier molecular flexibility index (Phi) is 5.17. The van der Waals surface area contributed by atoms with E-state index in [1.807, 2.05) is 0 Å². The van der Waals surface area contributed by atoms with Crippen LogP contribution < -0.4 is 5.32 Å². The van der Waals surface area contributed by atoms with Gasteiger partial charge < -0.3 is 10.1 Å². The molecule has 6 nitrogen and oxygen atoms in total. The Balaban J connectivity index is 1.69. The molecule has 0 aliphatic rings. The van der Waals surface area contributed by atoms with E-state index in [9.17, 15) is 22.8 Å². The molecule has 0 atom stereocenters. The van der Waals surface area contributed by atoms with Gasteiger partial charge in [0.05, 0.1) is 6.61 Å². The van der Waals surface area contributed by atoms with Gasteiger partial charge in [-0.3, -0.25) is 9.48 Å². The van der Waals surface area contributed by atoms with E-state index in [0.29, 0.717) is 10.6 Å². The second kappa shape index (κ2) is 7.39. The highest BCUT2D eigenvalue weighted by Gasteiger charge is 2.33. The highest BCUT2D eigenvalue weighted by Crippen LogP contribution is 2.29. The molecule has 10 heteroatoms. The first kappa shape index (κ1) is 18.9. The molecule has 0 saturated heterocycles. The molecule has 1 amide bonds. The molecule has 2 aromatic heterocycles. The number of ether oxygens (including phenoxy) is 1. The van der Waals surface area contributed by atoms with Crippen molar-refractivity contribution in [3.63, 3.8) is 0 Å². The quantitative estimate of drug-likeness (QED) is 0.662. The monoisotopic (exact) mass is 397 g/mol. The Labute approximate surface area is 155 Å². The van der Waals surface area contributed by atoms with Crippen molar-refractivity contribution >= 4 is 39.0 Å². The molecule has 3 aromatic rings. The fourth-order valence-electron chi connectivity index (χ4n) is 2.37. The van der Waals surface area contributed by atoms with Gasteiger partial charge in [0.25, 0.3) is 0 Å². The Morgan fingerprint density at radius 1 is 1.26 bits per heavy atom. The number of aromatic nitrogens is 2. The highest BCUT2D eigenvalue weighted by molar-refractivity contribution is 7.20. The maximum absolute atomic E-state index is 12.5. The van der Waals surface area contributed by atoms with Crippen LogP contribution in [0.3, 0.4) is 0 Å². The smallest absolute Gasteiger partial charge is 0.435 e. The summed E-state index contributed by atoms with van der Waals surface area (Å²) in [6, 6.07) is 7.54. The third kappa shape index (κ3) is 4.45. The van der Waals surface area contributed by atoms with Crippen molar-refractivity contribution < 1.29 is 27.5 Å². The Hall–Kier alpha value is -2.88. The second-order valence-corrected chi connectivity index (χ2v) is 6.61. The molecular formula is C17H14F3N3O3S. The highest BCUT2D eigenvalue weighted by atomic mass is 32.1. The number of anilines is 1. The molecular weight excluding hydrogens is 383 g/mol. The molecule has 27 heavy (non-hydrogen) atoms. The van der Waals surface area contributed by atoms with Crippen molar-refractivity contribution in [1.82, 2.24) is 9.78 Å². The van der Waals surface area contributed by atoms with Gasteiger partial charge in [-0.15, -0.1) is 11.3 Å². The molecule has 142 valence electrons. The Bertz CT molecular complexity index is 994. The van der Waals surface area contributed by atoms with Crippen LogP contribution in [0.2, 0.25) is 0 Å². The summed E-state index contributed by atoms with van der Waals surface area (Å²) < 4.78 is 44.3. The van der Waals surface area contributed by atoms with Gasteiger partial charge in [-0.05, 0) is 42.6 Å². The van der Waals surface area contributed by atoms with Crippen molar-refractivity contribution in [3.8, 4) is 0 Å². The predicted molar refractivity (Wildman–Crippen MR) is 93.6 cm³/mol. The van der Waals surface area contributed by atoms with Crippen LogP contribution in [0.1, 0.15) is 22.3 Å². The standard InChI is InChI=1S/C17H14F3N3O3S/c1-2-26-16(25)13-8-10-7-11(3-4-12(10)27-13)21-15(24)9-23-6-5-14(22-23)17(18,19)20/h3-8H,2,9H2,1H3,(H,21,24). The van der Waals surface area contributed by atoms with Crippen molar-refractivity contribution in [2.24, 2.45) is 0 Å². The van der Waals surface area contributed by atoms with E-state index in [0.717, 1.165) is 27.0 Å². The lowest BCUT2D eigenvalue weighted by molar-refractivity contribution is -0.141. The molecule has 1 aromatic carbocycles. The van der Waals surface area contributed by atoms with Crippen molar-refractivity contribution in [2.45, 2.75) is 19.6 Å².